The molecule has 0 aliphatic carbocycles. The SMILES string of the molecule is CCOc1ccc(C=O)c2c1oc1cnccc12. The van der Waals surface area contributed by atoms with Crippen molar-refractivity contribution in [2.45, 2.75) is 6.92 Å². The van der Waals surface area contributed by atoms with E-state index in [1.165, 1.54) is 0 Å². The van der Waals surface area contributed by atoms with Crippen LogP contribution in [0.25, 0.3) is 21.9 Å². The Hall–Kier alpha value is -2.36. The minimum absolute atomic E-state index is 0.546. The highest BCUT2D eigenvalue weighted by Crippen LogP contribution is 2.36. The van der Waals surface area contributed by atoms with Crippen LogP contribution >= 0.6 is 0 Å². The highest BCUT2D eigenvalue weighted by Gasteiger charge is 2.15. The first kappa shape index (κ1) is 10.8. The summed E-state index contributed by atoms with van der Waals surface area (Å²) in [5.41, 5.74) is 1.85. The zero-order valence-electron chi connectivity index (χ0n) is 9.84. The Morgan fingerprint density at radius 2 is 2.28 bits per heavy atom. The Morgan fingerprint density at radius 1 is 1.39 bits per heavy atom. The third-order valence-electron chi connectivity index (χ3n) is 2.85. The van der Waals surface area contributed by atoms with Gasteiger partial charge in [0.25, 0.3) is 0 Å². The number of nitrogens with zero attached hydrogens (tertiary/aromatic N) is 1. The summed E-state index contributed by atoms with van der Waals surface area (Å²) in [5.74, 6) is 0.648. The van der Waals surface area contributed by atoms with Gasteiger partial charge in [0.15, 0.2) is 23.2 Å². The van der Waals surface area contributed by atoms with E-state index in [4.69, 9.17) is 9.15 Å². The molecular weight excluding hydrogens is 230 g/mol. The normalized spacial score (nSPS) is 10.9. The minimum Gasteiger partial charge on any atom is -0.490 e. The molecule has 4 nitrogen and oxygen atoms in total. The van der Waals surface area contributed by atoms with E-state index in [2.05, 4.69) is 4.98 Å². The summed E-state index contributed by atoms with van der Waals surface area (Å²) in [6, 6.07) is 5.34. The zero-order chi connectivity index (χ0) is 12.5. The number of benzene rings is 1. The molecule has 0 aliphatic rings. The molecule has 0 bridgehead atoms. The Morgan fingerprint density at radius 3 is 3.06 bits per heavy atom. The van der Waals surface area contributed by atoms with E-state index >= 15 is 0 Å². The molecule has 18 heavy (non-hydrogen) atoms. The molecule has 0 radical (unpaired) electrons. The maximum Gasteiger partial charge on any atom is 0.178 e. The van der Waals surface area contributed by atoms with Crippen LogP contribution < -0.4 is 4.74 Å². The lowest BCUT2D eigenvalue weighted by molar-refractivity contribution is 0.112. The van der Waals surface area contributed by atoms with Crippen LogP contribution in [0.15, 0.2) is 35.0 Å². The monoisotopic (exact) mass is 241 g/mol. The first-order valence-corrected chi connectivity index (χ1v) is 5.72. The molecular formula is C14H11NO3. The van der Waals surface area contributed by atoms with Gasteiger partial charge in [-0.1, -0.05) is 0 Å². The highest BCUT2D eigenvalue weighted by molar-refractivity contribution is 6.13. The van der Waals surface area contributed by atoms with Crippen molar-refractivity contribution in [3.63, 3.8) is 0 Å². The van der Waals surface area contributed by atoms with Gasteiger partial charge in [-0.3, -0.25) is 9.78 Å². The molecule has 0 spiro atoms. The van der Waals surface area contributed by atoms with E-state index in [1.807, 2.05) is 13.0 Å². The number of pyridine rings is 1. The molecule has 3 rings (SSSR count). The fourth-order valence-corrected chi connectivity index (χ4v) is 2.10. The Balaban J connectivity index is 2.46. The molecule has 0 amide bonds. The van der Waals surface area contributed by atoms with Gasteiger partial charge >= 0.3 is 0 Å². The summed E-state index contributed by atoms with van der Waals surface area (Å²) in [6.45, 7) is 2.45. The van der Waals surface area contributed by atoms with Crippen molar-refractivity contribution >= 4 is 28.2 Å². The Kier molecular flexibility index (Phi) is 2.48. The number of aldehydes is 1. The largest absolute Gasteiger partial charge is 0.490 e. The van der Waals surface area contributed by atoms with Gasteiger partial charge in [0, 0.05) is 22.5 Å². The summed E-state index contributed by atoms with van der Waals surface area (Å²) in [4.78, 5) is 15.1. The molecule has 0 saturated carbocycles. The number of fused-ring (bicyclic) bond motifs is 3. The van der Waals surface area contributed by atoms with Gasteiger partial charge in [0.2, 0.25) is 0 Å². The first-order valence-electron chi connectivity index (χ1n) is 5.72. The maximum absolute atomic E-state index is 11.1. The lowest BCUT2D eigenvalue weighted by Crippen LogP contribution is -1.92. The van der Waals surface area contributed by atoms with Crippen molar-refractivity contribution in [1.29, 1.82) is 0 Å². The van der Waals surface area contributed by atoms with E-state index in [-0.39, 0.29) is 0 Å². The Labute approximate surface area is 103 Å². The van der Waals surface area contributed by atoms with E-state index in [9.17, 15) is 4.79 Å². The summed E-state index contributed by atoms with van der Waals surface area (Å²) in [7, 11) is 0. The number of hydrogen-bond donors (Lipinski definition) is 0. The molecule has 0 fully saturated rings. The lowest BCUT2D eigenvalue weighted by Gasteiger charge is -2.04. The van der Waals surface area contributed by atoms with Gasteiger partial charge in [0.05, 0.1) is 12.8 Å². The molecule has 0 saturated heterocycles. The molecule has 1 aromatic carbocycles. The van der Waals surface area contributed by atoms with Crippen LogP contribution in [0, 0.1) is 0 Å². The second-order valence-electron chi connectivity index (χ2n) is 3.88. The molecule has 2 aromatic heterocycles. The topological polar surface area (TPSA) is 52.3 Å². The Bertz CT molecular complexity index is 730. The van der Waals surface area contributed by atoms with Crippen molar-refractivity contribution < 1.29 is 13.9 Å². The minimum atomic E-state index is 0.546. The first-order chi connectivity index (χ1) is 8.85. The van der Waals surface area contributed by atoms with Gasteiger partial charge in [-0.25, -0.2) is 0 Å². The van der Waals surface area contributed by atoms with Gasteiger partial charge in [-0.05, 0) is 25.1 Å². The number of hydrogen-bond acceptors (Lipinski definition) is 4. The maximum atomic E-state index is 11.1. The van der Waals surface area contributed by atoms with Crippen LogP contribution in [0.4, 0.5) is 0 Å². The predicted molar refractivity (Wildman–Crippen MR) is 68.1 cm³/mol. The lowest BCUT2D eigenvalue weighted by atomic mass is 10.1. The van der Waals surface area contributed by atoms with E-state index in [0.29, 0.717) is 29.1 Å². The number of furan rings is 1. The standard InChI is InChI=1S/C14H11NO3/c1-2-17-11-4-3-9(8-16)13-10-5-6-15-7-12(10)18-14(11)13/h3-8H,2H2,1H3. The van der Waals surface area contributed by atoms with Crippen LogP contribution in [0.3, 0.4) is 0 Å². The van der Waals surface area contributed by atoms with E-state index in [1.54, 1.807) is 24.5 Å². The second-order valence-corrected chi connectivity index (χ2v) is 3.88. The van der Waals surface area contributed by atoms with Gasteiger partial charge in [0.1, 0.15) is 0 Å². The predicted octanol–water partition coefficient (Wildman–Crippen LogP) is 3.19. The third kappa shape index (κ3) is 1.46. The van der Waals surface area contributed by atoms with Crippen molar-refractivity contribution in [2.75, 3.05) is 6.61 Å². The summed E-state index contributed by atoms with van der Waals surface area (Å²) in [5, 5.41) is 1.66. The molecule has 0 N–H and O–H groups in total. The smallest absolute Gasteiger partial charge is 0.178 e. The molecule has 0 aliphatic heterocycles. The fourth-order valence-electron chi connectivity index (χ4n) is 2.10. The van der Waals surface area contributed by atoms with Gasteiger partial charge in [-0.2, -0.15) is 0 Å². The average molecular weight is 241 g/mol. The number of aromatic nitrogens is 1. The molecule has 3 aromatic rings. The van der Waals surface area contributed by atoms with Crippen LogP contribution in [0.1, 0.15) is 17.3 Å². The van der Waals surface area contributed by atoms with E-state index in [0.717, 1.165) is 17.1 Å². The van der Waals surface area contributed by atoms with Crippen LogP contribution in [0.2, 0.25) is 0 Å². The molecule has 4 heteroatoms. The van der Waals surface area contributed by atoms with Crippen molar-refractivity contribution in [2.24, 2.45) is 0 Å². The van der Waals surface area contributed by atoms with Crippen LogP contribution in [-0.2, 0) is 0 Å². The third-order valence-corrected chi connectivity index (χ3v) is 2.85. The van der Waals surface area contributed by atoms with Crippen molar-refractivity contribution in [1.82, 2.24) is 4.98 Å². The summed E-state index contributed by atoms with van der Waals surface area (Å²) >= 11 is 0. The van der Waals surface area contributed by atoms with Crippen LogP contribution in [0.5, 0.6) is 5.75 Å². The number of carbonyl (C=O) groups excluding carboxylic acids is 1. The molecule has 90 valence electrons. The second kappa shape index (κ2) is 4.14. The molecule has 0 atom stereocenters. The summed E-state index contributed by atoms with van der Waals surface area (Å²) < 4.78 is 11.3. The molecule has 2 heterocycles. The number of rotatable bonds is 3. The average Bonchev–Trinajstić information content (AvgIpc) is 2.79. The van der Waals surface area contributed by atoms with Crippen molar-refractivity contribution in [3.05, 3.63) is 36.2 Å². The van der Waals surface area contributed by atoms with Crippen molar-refractivity contribution in [3.8, 4) is 5.75 Å². The van der Waals surface area contributed by atoms with Gasteiger partial charge < -0.3 is 9.15 Å². The van der Waals surface area contributed by atoms with Gasteiger partial charge in [-0.15, -0.1) is 0 Å². The number of carbonyl (C=O) groups is 1. The fraction of sp³-hybridized carbons (Fsp3) is 0.143. The van der Waals surface area contributed by atoms with E-state index < -0.39 is 0 Å². The zero-order valence-corrected chi connectivity index (χ0v) is 9.84. The highest BCUT2D eigenvalue weighted by atomic mass is 16.5. The number of ether oxygens (including phenoxy) is 1. The quantitative estimate of drug-likeness (QED) is 0.661. The summed E-state index contributed by atoms with van der Waals surface area (Å²) in [6.07, 6.45) is 4.15. The molecule has 0 unspecified atom stereocenters. The van der Waals surface area contributed by atoms with Crippen LogP contribution in [-0.4, -0.2) is 17.9 Å².